The van der Waals surface area contributed by atoms with Crippen LogP contribution in [0.3, 0.4) is 0 Å². The van der Waals surface area contributed by atoms with E-state index in [4.69, 9.17) is 9.47 Å². The van der Waals surface area contributed by atoms with E-state index in [2.05, 4.69) is 54.5 Å². The zero-order valence-corrected chi connectivity index (χ0v) is 32.5. The van der Waals surface area contributed by atoms with Crippen LogP contribution in [0, 0.1) is 11.8 Å². The van der Waals surface area contributed by atoms with Gasteiger partial charge in [-0.2, -0.15) is 0 Å². The number of carbonyl (C=O) groups is 2. The predicted molar refractivity (Wildman–Crippen MR) is 206 cm³/mol. The first-order valence-electron chi connectivity index (χ1n) is 19.3. The van der Waals surface area contributed by atoms with E-state index in [9.17, 15) is 19.8 Å². The van der Waals surface area contributed by atoms with Crippen LogP contribution in [0.1, 0.15) is 155 Å². The molecule has 0 fully saturated rings. The van der Waals surface area contributed by atoms with Crippen molar-refractivity contribution in [2.24, 2.45) is 11.8 Å². The summed E-state index contributed by atoms with van der Waals surface area (Å²) in [6, 6.07) is 7.04. The summed E-state index contributed by atoms with van der Waals surface area (Å²) < 4.78 is 11.5. The molecule has 278 valence electrons. The van der Waals surface area contributed by atoms with E-state index in [0.717, 1.165) is 100 Å². The minimum absolute atomic E-state index is 0.0398. The molecule has 50 heavy (non-hydrogen) atoms. The highest BCUT2D eigenvalue weighted by Gasteiger charge is 2.25. The molecule has 0 heterocycles. The average Bonchev–Trinajstić information content (AvgIpc) is 3.03. The van der Waals surface area contributed by atoms with Gasteiger partial charge in [0.2, 0.25) is 0 Å². The van der Waals surface area contributed by atoms with Crippen molar-refractivity contribution in [3.05, 3.63) is 69.8 Å². The molecule has 6 heteroatoms. The van der Waals surface area contributed by atoms with Crippen molar-refractivity contribution in [1.29, 1.82) is 0 Å². The smallest absolute Gasteiger partial charge is 0.423 e. The van der Waals surface area contributed by atoms with Crippen LogP contribution in [0.15, 0.2) is 47.6 Å². The number of carbonyl (C=O) groups excluding carboxylic acids is 2. The minimum atomic E-state index is -1.16. The molecule has 0 radical (unpaired) electrons. The second kappa shape index (κ2) is 23.0. The number of unbranched alkanes of at least 4 members (excludes halogenated alkanes) is 4. The number of benzene rings is 2. The lowest BCUT2D eigenvalue weighted by molar-refractivity contribution is -0.156. The maximum atomic E-state index is 13.4. The topological polar surface area (TPSA) is 93.1 Å². The largest absolute Gasteiger partial charge is 0.508 e. The Labute approximate surface area is 303 Å². The summed E-state index contributed by atoms with van der Waals surface area (Å²) >= 11 is 0. The third-order valence-corrected chi connectivity index (χ3v) is 9.31. The van der Waals surface area contributed by atoms with E-state index >= 15 is 0 Å². The van der Waals surface area contributed by atoms with Gasteiger partial charge < -0.3 is 19.7 Å². The highest BCUT2D eigenvalue weighted by atomic mass is 16.6. The molecular formula is C44H66O6. The summed E-state index contributed by atoms with van der Waals surface area (Å²) in [6.07, 6.45) is 18.7. The first kappa shape index (κ1) is 42.6. The number of aromatic hydroxyl groups is 2. The number of allylic oxidation sites excluding steroid dienone is 4. The van der Waals surface area contributed by atoms with Gasteiger partial charge in [-0.25, -0.2) is 9.59 Å². The molecule has 2 aromatic rings. The molecule has 0 aromatic heterocycles. The maximum Gasteiger partial charge on any atom is 0.423 e. The Kier molecular flexibility index (Phi) is 19.6. The van der Waals surface area contributed by atoms with Gasteiger partial charge in [0.25, 0.3) is 0 Å². The Morgan fingerprint density at radius 1 is 0.680 bits per heavy atom. The molecule has 0 aliphatic rings. The van der Waals surface area contributed by atoms with Crippen molar-refractivity contribution in [2.45, 2.75) is 158 Å². The standard InChI is InChI=1S/C44H66O6/c1-9-11-13-21-35-27-39(45)37(25-23-33(7)19-15-17-31(3)4)41(29-35)49-43(47)44(48)50-42-30-36(22-14-12-10-2)28-40(46)38(42)26-24-34(8)20-16-18-32(5)6/h17,23,27-30,32,34,45-46H,9-16,18-22,24-26H2,1-8H3/b33-23+/t34-/m1/s1. The lowest BCUT2D eigenvalue weighted by Gasteiger charge is -2.17. The fourth-order valence-corrected chi connectivity index (χ4v) is 6.12. The molecule has 0 spiro atoms. The summed E-state index contributed by atoms with van der Waals surface area (Å²) in [7, 11) is 0. The van der Waals surface area contributed by atoms with E-state index in [1.54, 1.807) is 24.3 Å². The molecule has 0 amide bonds. The van der Waals surface area contributed by atoms with Gasteiger partial charge in [-0.3, -0.25) is 0 Å². The quantitative estimate of drug-likeness (QED) is 0.0420. The molecule has 6 nitrogen and oxygen atoms in total. The summed E-state index contributed by atoms with van der Waals surface area (Å²) in [4.78, 5) is 26.7. The van der Waals surface area contributed by atoms with Gasteiger partial charge in [-0.1, -0.05) is 103 Å². The summed E-state index contributed by atoms with van der Waals surface area (Å²) in [5.41, 5.74) is 5.12. The molecule has 2 rings (SSSR count). The number of phenols is 2. The normalized spacial score (nSPS) is 12.2. The highest BCUT2D eigenvalue weighted by molar-refractivity contribution is 6.31. The van der Waals surface area contributed by atoms with Gasteiger partial charge in [0.05, 0.1) is 0 Å². The van der Waals surface area contributed by atoms with Gasteiger partial charge in [-0.05, 0) is 126 Å². The molecule has 0 aliphatic heterocycles. The Morgan fingerprint density at radius 2 is 1.22 bits per heavy atom. The lowest BCUT2D eigenvalue weighted by Crippen LogP contribution is -2.26. The number of hydrogen-bond acceptors (Lipinski definition) is 6. The number of ether oxygens (including phenoxy) is 2. The van der Waals surface area contributed by atoms with Crippen molar-refractivity contribution in [2.75, 3.05) is 0 Å². The Bertz CT molecular complexity index is 1410. The van der Waals surface area contributed by atoms with E-state index in [1.165, 1.54) is 12.0 Å². The average molecular weight is 691 g/mol. The highest BCUT2D eigenvalue weighted by Crippen LogP contribution is 2.35. The Hall–Kier alpha value is -3.54. The predicted octanol–water partition coefficient (Wildman–Crippen LogP) is 11.7. The Balaban J connectivity index is 2.34. The van der Waals surface area contributed by atoms with Crippen molar-refractivity contribution in [1.82, 2.24) is 0 Å². The van der Waals surface area contributed by atoms with E-state index < -0.39 is 11.9 Å². The first-order valence-corrected chi connectivity index (χ1v) is 19.3. The van der Waals surface area contributed by atoms with Gasteiger partial charge >= 0.3 is 11.9 Å². The molecule has 2 N–H and O–H groups in total. The second-order valence-electron chi connectivity index (χ2n) is 14.9. The van der Waals surface area contributed by atoms with Gasteiger partial charge in [0, 0.05) is 11.1 Å². The second-order valence-corrected chi connectivity index (χ2v) is 14.9. The molecule has 1 atom stereocenters. The van der Waals surface area contributed by atoms with Crippen molar-refractivity contribution < 1.29 is 29.3 Å². The third kappa shape index (κ3) is 16.0. The van der Waals surface area contributed by atoms with Crippen LogP contribution >= 0.6 is 0 Å². The van der Waals surface area contributed by atoms with Gasteiger partial charge in [-0.15, -0.1) is 0 Å². The molecular weight excluding hydrogens is 624 g/mol. The zero-order chi connectivity index (χ0) is 37.1. The van der Waals surface area contributed by atoms with Gasteiger partial charge in [0.15, 0.2) is 0 Å². The summed E-state index contributed by atoms with van der Waals surface area (Å²) in [6.45, 7) is 17.1. The number of esters is 2. The lowest BCUT2D eigenvalue weighted by atomic mass is 9.93. The maximum absolute atomic E-state index is 13.4. The van der Waals surface area contributed by atoms with E-state index in [-0.39, 0.29) is 23.0 Å². The monoisotopic (exact) mass is 690 g/mol. The number of rotatable bonds is 22. The summed E-state index contributed by atoms with van der Waals surface area (Å²) in [5, 5.41) is 22.2. The van der Waals surface area contributed by atoms with Crippen LogP contribution in [0.4, 0.5) is 0 Å². The van der Waals surface area contributed by atoms with Crippen LogP contribution in [-0.4, -0.2) is 22.2 Å². The molecule has 0 aliphatic carbocycles. The SMILES string of the molecule is CCCCCc1cc(O)c(C/C=C(\C)CCC=C(C)C)c(OC(=O)C(=O)Oc2cc(CCCCC)cc(O)c2CC[C@H](C)CCCC(C)C)c1. The fraction of sp³-hybridized carbons (Fsp3) is 0.591. The zero-order valence-electron chi connectivity index (χ0n) is 32.5. The number of hydrogen-bond donors (Lipinski definition) is 2. The molecule has 0 unspecified atom stereocenters. The molecule has 2 aromatic carbocycles. The number of phenolic OH excluding ortho intramolecular Hbond substituents is 2. The van der Waals surface area contributed by atoms with Crippen LogP contribution in [0.25, 0.3) is 0 Å². The molecule has 0 saturated heterocycles. The molecule has 0 bridgehead atoms. The van der Waals surface area contributed by atoms with E-state index in [0.29, 0.717) is 35.8 Å². The van der Waals surface area contributed by atoms with Crippen LogP contribution in [0.2, 0.25) is 0 Å². The first-order chi connectivity index (χ1) is 23.8. The molecule has 0 saturated carbocycles. The van der Waals surface area contributed by atoms with Gasteiger partial charge in [0.1, 0.15) is 23.0 Å². The van der Waals surface area contributed by atoms with Crippen LogP contribution < -0.4 is 9.47 Å². The van der Waals surface area contributed by atoms with Crippen LogP contribution in [0.5, 0.6) is 23.0 Å². The van der Waals surface area contributed by atoms with Crippen molar-refractivity contribution >= 4 is 11.9 Å². The minimum Gasteiger partial charge on any atom is -0.508 e. The summed E-state index contributed by atoms with van der Waals surface area (Å²) in [5.74, 6) is -0.717. The van der Waals surface area contributed by atoms with E-state index in [1.807, 2.05) is 13.0 Å². The third-order valence-electron chi connectivity index (χ3n) is 9.31. The van der Waals surface area contributed by atoms with Crippen LogP contribution in [-0.2, 0) is 35.3 Å². The Morgan fingerprint density at radius 3 is 1.74 bits per heavy atom. The fourth-order valence-electron chi connectivity index (χ4n) is 6.12. The van der Waals surface area contributed by atoms with Crippen molar-refractivity contribution in [3.8, 4) is 23.0 Å². The van der Waals surface area contributed by atoms with Crippen molar-refractivity contribution in [3.63, 3.8) is 0 Å². The number of aryl methyl sites for hydroxylation is 2.